The fourth-order valence-corrected chi connectivity index (χ4v) is 4.48. The molecule has 0 spiro atoms. The zero-order valence-electron chi connectivity index (χ0n) is 17.1. The lowest BCUT2D eigenvalue weighted by Gasteiger charge is -2.14. The van der Waals surface area contributed by atoms with E-state index in [0.717, 1.165) is 18.4 Å². The fourth-order valence-electron chi connectivity index (χ4n) is 3.17. The van der Waals surface area contributed by atoms with Crippen molar-refractivity contribution < 1.29 is 9.59 Å². The number of carbonyl (C=O) groups excluding carboxylic acids is 2. The first kappa shape index (κ1) is 22.2. The molecule has 3 rings (SSSR count). The van der Waals surface area contributed by atoms with Gasteiger partial charge in [0.2, 0.25) is 5.91 Å². The molecule has 4 nitrogen and oxygen atoms in total. The molecule has 2 amide bonds. The maximum absolute atomic E-state index is 12.7. The maximum atomic E-state index is 12.7. The molecule has 2 aromatic rings. The Labute approximate surface area is 187 Å². The van der Waals surface area contributed by atoms with Gasteiger partial charge in [-0.3, -0.25) is 14.5 Å². The van der Waals surface area contributed by atoms with Crippen molar-refractivity contribution in [1.29, 1.82) is 0 Å². The molecule has 1 N–H and O–H groups in total. The van der Waals surface area contributed by atoms with Gasteiger partial charge in [0.05, 0.1) is 4.91 Å². The number of nitrogens with one attached hydrogen (secondary N) is 1. The largest absolute Gasteiger partial charge is 0.356 e. The lowest BCUT2D eigenvalue weighted by molar-refractivity contribution is -0.123. The Morgan fingerprint density at radius 3 is 2.53 bits per heavy atom. The van der Waals surface area contributed by atoms with Crippen LogP contribution >= 0.6 is 24.0 Å². The average Bonchev–Trinajstić information content (AvgIpc) is 3.02. The van der Waals surface area contributed by atoms with E-state index in [4.69, 9.17) is 12.2 Å². The van der Waals surface area contributed by atoms with Crippen molar-refractivity contribution in [1.82, 2.24) is 10.2 Å². The molecule has 0 aromatic heterocycles. The molecule has 1 aliphatic rings. The molecule has 0 bridgehead atoms. The number of rotatable bonds is 9. The van der Waals surface area contributed by atoms with E-state index < -0.39 is 0 Å². The minimum absolute atomic E-state index is 0.00271. The molecule has 0 atom stereocenters. The molecular formula is C24H26N2O2S2. The predicted octanol–water partition coefficient (Wildman–Crippen LogP) is 4.59. The van der Waals surface area contributed by atoms with E-state index >= 15 is 0 Å². The summed E-state index contributed by atoms with van der Waals surface area (Å²) in [5, 5.41) is 2.94. The predicted molar refractivity (Wildman–Crippen MR) is 128 cm³/mol. The number of nitrogens with zero attached hydrogens (tertiary/aromatic N) is 1. The topological polar surface area (TPSA) is 49.4 Å². The molecule has 1 saturated heterocycles. The molecule has 30 heavy (non-hydrogen) atoms. The smallest absolute Gasteiger partial charge is 0.266 e. The highest BCUT2D eigenvalue weighted by atomic mass is 32.2. The number of amides is 2. The zero-order valence-corrected chi connectivity index (χ0v) is 18.7. The summed E-state index contributed by atoms with van der Waals surface area (Å²) in [6.45, 7) is 3.19. The van der Waals surface area contributed by atoms with Crippen LogP contribution in [0.5, 0.6) is 0 Å². The maximum Gasteiger partial charge on any atom is 0.266 e. The van der Waals surface area contributed by atoms with Crippen molar-refractivity contribution >= 4 is 46.2 Å². The first-order valence-corrected chi connectivity index (χ1v) is 11.4. The van der Waals surface area contributed by atoms with Crippen LogP contribution in [-0.4, -0.2) is 34.1 Å². The molecule has 0 aliphatic carbocycles. The monoisotopic (exact) mass is 438 g/mol. The molecule has 0 radical (unpaired) electrons. The number of aryl methyl sites for hydroxylation is 1. The molecule has 0 unspecified atom stereocenters. The summed E-state index contributed by atoms with van der Waals surface area (Å²) in [4.78, 5) is 27.0. The van der Waals surface area contributed by atoms with E-state index in [2.05, 4.69) is 24.4 Å². The molecular weight excluding hydrogens is 412 g/mol. The third kappa shape index (κ3) is 6.28. The van der Waals surface area contributed by atoms with E-state index in [0.29, 0.717) is 35.2 Å². The number of carbonyl (C=O) groups is 2. The summed E-state index contributed by atoms with van der Waals surface area (Å²) in [5.74, 6) is -0.0722. The highest BCUT2D eigenvalue weighted by Crippen LogP contribution is 2.32. The molecule has 1 aliphatic heterocycles. The Morgan fingerprint density at radius 1 is 1.10 bits per heavy atom. The van der Waals surface area contributed by atoms with Crippen LogP contribution in [0.2, 0.25) is 0 Å². The van der Waals surface area contributed by atoms with Crippen molar-refractivity contribution in [2.45, 2.75) is 32.6 Å². The third-order valence-corrected chi connectivity index (χ3v) is 6.30. The van der Waals surface area contributed by atoms with Crippen LogP contribution in [0.4, 0.5) is 0 Å². The SMILES string of the molecule is CCc1ccc(/C=C2\SC(=S)N(CCCC(=O)NCCc3ccccc3)C2=O)cc1. The van der Waals surface area contributed by atoms with Crippen LogP contribution < -0.4 is 5.32 Å². The van der Waals surface area contributed by atoms with E-state index in [1.807, 2.05) is 48.5 Å². The van der Waals surface area contributed by atoms with Gasteiger partial charge in [0.1, 0.15) is 4.32 Å². The summed E-state index contributed by atoms with van der Waals surface area (Å²) in [6.07, 6.45) is 4.65. The Balaban J connectivity index is 1.43. The highest BCUT2D eigenvalue weighted by Gasteiger charge is 2.31. The number of thiocarbonyl (C=S) groups is 1. The van der Waals surface area contributed by atoms with E-state index in [9.17, 15) is 9.59 Å². The lowest BCUT2D eigenvalue weighted by atomic mass is 10.1. The average molecular weight is 439 g/mol. The third-order valence-electron chi connectivity index (χ3n) is 4.92. The Kier molecular flexibility index (Phi) is 8.22. The van der Waals surface area contributed by atoms with E-state index in [1.165, 1.54) is 22.9 Å². The Bertz CT molecular complexity index is 924. The second kappa shape index (κ2) is 11.1. The number of benzene rings is 2. The van der Waals surface area contributed by atoms with Gasteiger partial charge in [-0.1, -0.05) is 85.5 Å². The quantitative estimate of drug-likeness (QED) is 0.460. The van der Waals surface area contributed by atoms with E-state index in [1.54, 1.807) is 4.90 Å². The molecule has 6 heteroatoms. The van der Waals surface area contributed by atoms with Crippen molar-refractivity contribution in [3.8, 4) is 0 Å². The Morgan fingerprint density at radius 2 is 1.83 bits per heavy atom. The van der Waals surface area contributed by atoms with Gasteiger partial charge in [0.25, 0.3) is 5.91 Å². The molecule has 2 aromatic carbocycles. The van der Waals surface area contributed by atoms with Gasteiger partial charge in [-0.2, -0.15) is 0 Å². The minimum Gasteiger partial charge on any atom is -0.356 e. The normalized spacial score (nSPS) is 15.1. The zero-order chi connectivity index (χ0) is 21.3. The van der Waals surface area contributed by atoms with Crippen LogP contribution in [-0.2, 0) is 22.4 Å². The van der Waals surface area contributed by atoms with Gasteiger partial charge in [-0.25, -0.2) is 0 Å². The first-order chi connectivity index (χ1) is 14.6. The van der Waals surface area contributed by atoms with Gasteiger partial charge < -0.3 is 5.32 Å². The number of hydrogen-bond acceptors (Lipinski definition) is 4. The van der Waals surface area contributed by atoms with Crippen molar-refractivity contribution in [3.05, 3.63) is 76.2 Å². The van der Waals surface area contributed by atoms with Crippen LogP contribution in [0, 0.1) is 0 Å². The second-order valence-electron chi connectivity index (χ2n) is 7.12. The van der Waals surface area contributed by atoms with E-state index in [-0.39, 0.29) is 11.8 Å². The number of thioether (sulfide) groups is 1. The van der Waals surface area contributed by atoms with Crippen LogP contribution in [0.1, 0.15) is 36.5 Å². The van der Waals surface area contributed by atoms with Gasteiger partial charge in [0.15, 0.2) is 0 Å². The lowest BCUT2D eigenvalue weighted by Crippen LogP contribution is -2.31. The first-order valence-electron chi connectivity index (χ1n) is 10.2. The van der Waals surface area contributed by atoms with Crippen molar-refractivity contribution in [3.63, 3.8) is 0 Å². The van der Waals surface area contributed by atoms with Crippen molar-refractivity contribution in [2.75, 3.05) is 13.1 Å². The van der Waals surface area contributed by atoms with Crippen LogP contribution in [0.25, 0.3) is 6.08 Å². The summed E-state index contributed by atoms with van der Waals surface area (Å²) in [5.41, 5.74) is 3.46. The van der Waals surface area contributed by atoms with Gasteiger partial charge in [-0.05, 0) is 42.0 Å². The fraction of sp³-hybridized carbons (Fsp3) is 0.292. The molecule has 1 fully saturated rings. The number of hydrogen-bond donors (Lipinski definition) is 1. The molecule has 1 heterocycles. The summed E-state index contributed by atoms with van der Waals surface area (Å²) >= 11 is 6.71. The van der Waals surface area contributed by atoms with Gasteiger partial charge in [-0.15, -0.1) is 0 Å². The Hall–Kier alpha value is -2.44. The summed E-state index contributed by atoms with van der Waals surface area (Å²) < 4.78 is 0.556. The standard InChI is InChI=1S/C24H26N2O2S2/c1-2-18-10-12-20(13-11-18)17-21-23(28)26(24(29)30-21)16-6-9-22(27)25-15-14-19-7-4-3-5-8-19/h3-5,7-8,10-13,17H,2,6,9,14-16H2,1H3,(H,25,27)/b21-17-. The van der Waals surface area contributed by atoms with Gasteiger partial charge >= 0.3 is 0 Å². The summed E-state index contributed by atoms with van der Waals surface area (Å²) in [6, 6.07) is 18.2. The van der Waals surface area contributed by atoms with Crippen LogP contribution in [0.3, 0.4) is 0 Å². The molecule has 0 saturated carbocycles. The minimum atomic E-state index is -0.0750. The highest BCUT2D eigenvalue weighted by molar-refractivity contribution is 8.26. The van der Waals surface area contributed by atoms with Gasteiger partial charge in [0, 0.05) is 19.5 Å². The van der Waals surface area contributed by atoms with Crippen LogP contribution in [0.15, 0.2) is 59.5 Å². The van der Waals surface area contributed by atoms with Crippen molar-refractivity contribution in [2.24, 2.45) is 0 Å². The second-order valence-corrected chi connectivity index (χ2v) is 8.79. The molecule has 156 valence electrons. The summed E-state index contributed by atoms with van der Waals surface area (Å²) in [7, 11) is 0.